The quantitative estimate of drug-likeness (QED) is 0.882. The van der Waals surface area contributed by atoms with Crippen LogP contribution in [0, 0.1) is 5.92 Å². The highest BCUT2D eigenvalue weighted by molar-refractivity contribution is 7.89. The van der Waals surface area contributed by atoms with E-state index in [1.54, 1.807) is 16.7 Å². The third-order valence-electron chi connectivity index (χ3n) is 3.75. The maximum absolute atomic E-state index is 12.3. The van der Waals surface area contributed by atoms with Gasteiger partial charge in [-0.3, -0.25) is 4.98 Å². The van der Waals surface area contributed by atoms with Gasteiger partial charge in [0.25, 0.3) is 0 Å². The predicted octanol–water partition coefficient (Wildman–Crippen LogP) is 1.16. The van der Waals surface area contributed by atoms with Gasteiger partial charge in [0.05, 0.1) is 23.3 Å². The summed E-state index contributed by atoms with van der Waals surface area (Å²) in [7, 11) is -3.13. The number of rotatable bonds is 5. The summed E-state index contributed by atoms with van der Waals surface area (Å²) < 4.78 is 26.1. The lowest BCUT2D eigenvalue weighted by molar-refractivity contribution is 0.383. The van der Waals surface area contributed by atoms with E-state index in [4.69, 9.17) is 5.73 Å². The standard InChI is InChI=1S/C14H24N4O2S/c1-12(2)4-10-21(19,20)18-8-6-17(7-9-18)14-3-5-16-11-13(14)15/h3,5,11-12H,4,6-10,15H2,1-2H3. The molecule has 6 nitrogen and oxygen atoms in total. The lowest BCUT2D eigenvalue weighted by Gasteiger charge is -2.35. The molecule has 0 atom stereocenters. The van der Waals surface area contributed by atoms with Gasteiger partial charge in [-0.1, -0.05) is 13.8 Å². The van der Waals surface area contributed by atoms with Gasteiger partial charge in [-0.25, -0.2) is 8.42 Å². The number of sulfonamides is 1. The Morgan fingerprint density at radius 2 is 1.95 bits per heavy atom. The summed E-state index contributed by atoms with van der Waals surface area (Å²) in [6.07, 6.45) is 4.04. The molecule has 2 rings (SSSR count). The lowest BCUT2D eigenvalue weighted by atomic mass is 10.2. The number of piperazine rings is 1. The molecule has 2 heterocycles. The van der Waals surface area contributed by atoms with Gasteiger partial charge >= 0.3 is 0 Å². The number of pyridine rings is 1. The Morgan fingerprint density at radius 1 is 1.29 bits per heavy atom. The van der Waals surface area contributed by atoms with Crippen LogP contribution in [0.25, 0.3) is 0 Å². The topological polar surface area (TPSA) is 79.5 Å². The summed E-state index contributed by atoms with van der Waals surface area (Å²) in [6.45, 7) is 6.44. The fraction of sp³-hybridized carbons (Fsp3) is 0.643. The summed E-state index contributed by atoms with van der Waals surface area (Å²) in [6, 6.07) is 1.87. The van der Waals surface area contributed by atoms with Crippen LogP contribution >= 0.6 is 0 Å². The van der Waals surface area contributed by atoms with E-state index in [9.17, 15) is 8.42 Å². The van der Waals surface area contributed by atoms with Crippen molar-refractivity contribution in [2.75, 3.05) is 42.6 Å². The minimum Gasteiger partial charge on any atom is -0.396 e. The molecule has 0 aliphatic carbocycles. The first-order chi connectivity index (χ1) is 9.90. The average molecular weight is 312 g/mol. The Balaban J connectivity index is 1.96. The molecule has 1 fully saturated rings. The second-order valence-corrected chi connectivity index (χ2v) is 7.91. The van der Waals surface area contributed by atoms with E-state index < -0.39 is 10.0 Å². The summed E-state index contributed by atoms with van der Waals surface area (Å²) >= 11 is 0. The SMILES string of the molecule is CC(C)CCS(=O)(=O)N1CCN(c2ccncc2N)CC1. The van der Waals surface area contributed by atoms with Crippen molar-refractivity contribution < 1.29 is 8.42 Å². The van der Waals surface area contributed by atoms with Gasteiger partial charge in [-0.15, -0.1) is 0 Å². The molecule has 1 aliphatic heterocycles. The number of hydrogen-bond acceptors (Lipinski definition) is 5. The maximum Gasteiger partial charge on any atom is 0.214 e. The zero-order chi connectivity index (χ0) is 15.5. The zero-order valence-corrected chi connectivity index (χ0v) is 13.5. The Bertz CT molecular complexity index is 566. The van der Waals surface area contributed by atoms with Crippen LogP contribution in [0.1, 0.15) is 20.3 Å². The predicted molar refractivity (Wildman–Crippen MR) is 85.7 cm³/mol. The van der Waals surface area contributed by atoms with Crippen molar-refractivity contribution in [2.45, 2.75) is 20.3 Å². The van der Waals surface area contributed by atoms with Gasteiger partial charge in [0.1, 0.15) is 0 Å². The van der Waals surface area contributed by atoms with Crippen LogP contribution in [0.4, 0.5) is 11.4 Å². The minimum absolute atomic E-state index is 0.238. The molecular formula is C14H24N4O2S. The van der Waals surface area contributed by atoms with Crippen LogP contribution in [0.5, 0.6) is 0 Å². The number of nitrogens with two attached hydrogens (primary N) is 1. The number of nitrogens with zero attached hydrogens (tertiary/aromatic N) is 3. The van der Waals surface area contributed by atoms with E-state index in [2.05, 4.69) is 9.88 Å². The smallest absolute Gasteiger partial charge is 0.214 e. The summed E-state index contributed by atoms with van der Waals surface area (Å²) in [5, 5.41) is 0. The van der Waals surface area contributed by atoms with Gasteiger partial charge in [-0.2, -0.15) is 4.31 Å². The number of nitrogen functional groups attached to an aromatic ring is 1. The van der Waals surface area contributed by atoms with Crippen LogP contribution < -0.4 is 10.6 Å². The molecule has 1 aromatic rings. The highest BCUT2D eigenvalue weighted by atomic mass is 32.2. The van der Waals surface area contributed by atoms with E-state index in [1.807, 2.05) is 19.9 Å². The molecule has 0 amide bonds. The van der Waals surface area contributed by atoms with Gasteiger partial charge < -0.3 is 10.6 Å². The Hall–Kier alpha value is -1.34. The second-order valence-electron chi connectivity index (χ2n) is 5.82. The van der Waals surface area contributed by atoms with E-state index >= 15 is 0 Å². The molecule has 0 spiro atoms. The molecule has 0 bridgehead atoms. The molecule has 0 radical (unpaired) electrons. The van der Waals surface area contributed by atoms with Crippen LogP contribution in [0.2, 0.25) is 0 Å². The fourth-order valence-electron chi connectivity index (χ4n) is 2.41. The molecule has 0 aromatic carbocycles. The minimum atomic E-state index is -3.13. The largest absolute Gasteiger partial charge is 0.396 e. The van der Waals surface area contributed by atoms with E-state index in [0.29, 0.717) is 44.2 Å². The van der Waals surface area contributed by atoms with Crippen LogP contribution in [-0.4, -0.2) is 49.6 Å². The summed E-state index contributed by atoms with van der Waals surface area (Å²) in [5.74, 6) is 0.639. The van der Waals surface area contributed by atoms with Gasteiger partial charge in [0.2, 0.25) is 10.0 Å². The third kappa shape index (κ3) is 4.07. The van der Waals surface area contributed by atoms with E-state index in [1.165, 1.54) is 0 Å². The first-order valence-electron chi connectivity index (χ1n) is 7.32. The third-order valence-corrected chi connectivity index (χ3v) is 5.66. The number of hydrogen-bond donors (Lipinski definition) is 1. The van der Waals surface area contributed by atoms with Crippen LogP contribution in [-0.2, 0) is 10.0 Å². The van der Waals surface area contributed by atoms with Crippen molar-refractivity contribution in [3.8, 4) is 0 Å². The zero-order valence-electron chi connectivity index (χ0n) is 12.7. The number of aromatic nitrogens is 1. The van der Waals surface area contributed by atoms with Crippen molar-refractivity contribution in [1.82, 2.24) is 9.29 Å². The van der Waals surface area contributed by atoms with Crippen molar-refractivity contribution in [3.05, 3.63) is 18.5 Å². The molecular weight excluding hydrogens is 288 g/mol. The van der Waals surface area contributed by atoms with Crippen molar-refractivity contribution in [2.24, 2.45) is 5.92 Å². The van der Waals surface area contributed by atoms with E-state index in [-0.39, 0.29) is 5.75 Å². The van der Waals surface area contributed by atoms with Crippen LogP contribution in [0.3, 0.4) is 0 Å². The summed E-state index contributed by atoms with van der Waals surface area (Å²) in [4.78, 5) is 6.09. The Kier molecular flexibility index (Phi) is 5.05. The van der Waals surface area contributed by atoms with Gasteiger partial charge in [0, 0.05) is 32.4 Å². The van der Waals surface area contributed by atoms with Crippen molar-refractivity contribution in [1.29, 1.82) is 0 Å². The molecule has 0 saturated carbocycles. The number of anilines is 2. The molecule has 1 aliphatic rings. The molecule has 7 heteroatoms. The fourth-order valence-corrected chi connectivity index (χ4v) is 4.16. The Morgan fingerprint density at radius 3 is 2.52 bits per heavy atom. The van der Waals surface area contributed by atoms with Crippen molar-refractivity contribution >= 4 is 21.4 Å². The maximum atomic E-state index is 12.3. The van der Waals surface area contributed by atoms with Gasteiger partial charge in [-0.05, 0) is 18.4 Å². The molecule has 2 N–H and O–H groups in total. The van der Waals surface area contributed by atoms with Gasteiger partial charge in [0.15, 0.2) is 0 Å². The molecule has 0 unspecified atom stereocenters. The monoisotopic (exact) mass is 312 g/mol. The molecule has 21 heavy (non-hydrogen) atoms. The van der Waals surface area contributed by atoms with Crippen LogP contribution in [0.15, 0.2) is 18.5 Å². The highest BCUT2D eigenvalue weighted by Crippen LogP contribution is 2.23. The molecule has 1 aromatic heterocycles. The first kappa shape index (κ1) is 16.0. The van der Waals surface area contributed by atoms with Crippen molar-refractivity contribution in [3.63, 3.8) is 0 Å². The molecule has 118 valence electrons. The normalized spacial score (nSPS) is 17.4. The average Bonchev–Trinajstić information content (AvgIpc) is 2.46. The summed E-state index contributed by atoms with van der Waals surface area (Å²) in [5.41, 5.74) is 7.48. The highest BCUT2D eigenvalue weighted by Gasteiger charge is 2.27. The lowest BCUT2D eigenvalue weighted by Crippen LogP contribution is -2.49. The Labute approximate surface area is 127 Å². The van der Waals surface area contributed by atoms with E-state index in [0.717, 1.165) is 5.69 Å². The second kappa shape index (κ2) is 6.62. The first-order valence-corrected chi connectivity index (χ1v) is 8.93. The molecule has 1 saturated heterocycles.